The smallest absolute Gasteiger partial charge is 0.0674 e. The van der Waals surface area contributed by atoms with Gasteiger partial charge in [0.15, 0.2) is 0 Å². The standard InChI is InChI=1S/C17H28N2O/c1-5-16-11-20-13(3)10-19(16)14(4)17(18)15-8-6-12(2)7-9-15/h6-9,13-14,16-17H,5,10-11,18H2,1-4H3. The number of benzene rings is 1. The average molecular weight is 276 g/mol. The van der Waals surface area contributed by atoms with Crippen LogP contribution in [0.25, 0.3) is 0 Å². The van der Waals surface area contributed by atoms with E-state index >= 15 is 0 Å². The molecule has 1 aliphatic heterocycles. The highest BCUT2D eigenvalue weighted by molar-refractivity contribution is 5.25. The minimum Gasteiger partial charge on any atom is -0.376 e. The average Bonchev–Trinajstić information content (AvgIpc) is 2.46. The Labute approximate surface area is 123 Å². The highest BCUT2D eigenvalue weighted by Gasteiger charge is 2.32. The van der Waals surface area contributed by atoms with E-state index in [9.17, 15) is 0 Å². The lowest BCUT2D eigenvalue weighted by atomic mass is 9.96. The van der Waals surface area contributed by atoms with E-state index in [4.69, 9.17) is 10.5 Å². The summed E-state index contributed by atoms with van der Waals surface area (Å²) in [5.41, 5.74) is 9.00. The molecule has 1 heterocycles. The second kappa shape index (κ2) is 6.70. The van der Waals surface area contributed by atoms with Crippen LogP contribution in [-0.2, 0) is 4.74 Å². The maximum atomic E-state index is 6.50. The molecular weight excluding hydrogens is 248 g/mol. The van der Waals surface area contributed by atoms with E-state index in [0.29, 0.717) is 18.2 Å². The van der Waals surface area contributed by atoms with Gasteiger partial charge >= 0.3 is 0 Å². The van der Waals surface area contributed by atoms with Crippen LogP contribution in [-0.4, -0.2) is 36.2 Å². The summed E-state index contributed by atoms with van der Waals surface area (Å²) in [7, 11) is 0. The summed E-state index contributed by atoms with van der Waals surface area (Å²) in [5.74, 6) is 0. The van der Waals surface area contributed by atoms with Crippen LogP contribution >= 0.6 is 0 Å². The molecule has 0 amide bonds. The third-order valence-corrected chi connectivity index (χ3v) is 4.49. The van der Waals surface area contributed by atoms with Crippen LogP contribution in [0.3, 0.4) is 0 Å². The van der Waals surface area contributed by atoms with Crippen molar-refractivity contribution in [2.24, 2.45) is 5.73 Å². The van der Waals surface area contributed by atoms with Gasteiger partial charge in [0.25, 0.3) is 0 Å². The van der Waals surface area contributed by atoms with Crippen LogP contribution in [0.15, 0.2) is 24.3 Å². The highest BCUT2D eigenvalue weighted by Crippen LogP contribution is 2.25. The van der Waals surface area contributed by atoms with Gasteiger partial charge in [-0.25, -0.2) is 0 Å². The van der Waals surface area contributed by atoms with Gasteiger partial charge in [0.05, 0.1) is 12.7 Å². The van der Waals surface area contributed by atoms with E-state index in [-0.39, 0.29) is 6.04 Å². The van der Waals surface area contributed by atoms with E-state index in [0.717, 1.165) is 19.6 Å². The third kappa shape index (κ3) is 3.40. The lowest BCUT2D eigenvalue weighted by Gasteiger charge is -2.43. The molecule has 3 heteroatoms. The molecule has 1 aromatic rings. The minimum atomic E-state index is 0.0509. The van der Waals surface area contributed by atoms with Crippen molar-refractivity contribution in [3.63, 3.8) is 0 Å². The van der Waals surface area contributed by atoms with Crippen molar-refractivity contribution >= 4 is 0 Å². The van der Waals surface area contributed by atoms with Gasteiger partial charge in [0, 0.05) is 24.7 Å². The fourth-order valence-corrected chi connectivity index (χ4v) is 2.99. The number of nitrogens with two attached hydrogens (primary N) is 1. The first-order valence-electron chi connectivity index (χ1n) is 7.72. The molecule has 4 atom stereocenters. The number of rotatable bonds is 4. The summed E-state index contributed by atoms with van der Waals surface area (Å²) in [6.45, 7) is 10.5. The molecule has 1 saturated heterocycles. The van der Waals surface area contributed by atoms with E-state index in [1.54, 1.807) is 0 Å². The second-order valence-electron chi connectivity index (χ2n) is 6.08. The highest BCUT2D eigenvalue weighted by atomic mass is 16.5. The zero-order valence-corrected chi connectivity index (χ0v) is 13.2. The van der Waals surface area contributed by atoms with Gasteiger partial charge in [-0.1, -0.05) is 36.8 Å². The molecule has 20 heavy (non-hydrogen) atoms. The van der Waals surface area contributed by atoms with Crippen molar-refractivity contribution in [2.75, 3.05) is 13.2 Å². The van der Waals surface area contributed by atoms with Gasteiger partial charge in [-0.05, 0) is 32.8 Å². The first kappa shape index (κ1) is 15.5. The van der Waals surface area contributed by atoms with Crippen LogP contribution in [0.5, 0.6) is 0 Å². The quantitative estimate of drug-likeness (QED) is 0.919. The fourth-order valence-electron chi connectivity index (χ4n) is 2.99. The molecule has 112 valence electrons. The van der Waals surface area contributed by atoms with Crippen LogP contribution in [0.2, 0.25) is 0 Å². The molecule has 0 aromatic heterocycles. The Hall–Kier alpha value is -0.900. The number of ether oxygens (including phenoxy) is 1. The van der Waals surface area contributed by atoms with Crippen molar-refractivity contribution in [3.8, 4) is 0 Å². The number of morpholine rings is 1. The predicted octanol–water partition coefficient (Wildman–Crippen LogP) is 2.88. The fraction of sp³-hybridized carbons (Fsp3) is 0.647. The summed E-state index contributed by atoms with van der Waals surface area (Å²) < 4.78 is 5.78. The van der Waals surface area contributed by atoms with Gasteiger partial charge in [-0.15, -0.1) is 0 Å². The third-order valence-electron chi connectivity index (χ3n) is 4.49. The summed E-state index contributed by atoms with van der Waals surface area (Å²) in [6, 6.07) is 9.45. The van der Waals surface area contributed by atoms with Gasteiger partial charge in [0.1, 0.15) is 0 Å². The van der Waals surface area contributed by atoms with E-state index < -0.39 is 0 Å². The zero-order valence-electron chi connectivity index (χ0n) is 13.2. The molecule has 4 unspecified atom stereocenters. The van der Waals surface area contributed by atoms with Crippen LogP contribution in [0.4, 0.5) is 0 Å². The van der Waals surface area contributed by atoms with Crippen LogP contribution in [0, 0.1) is 6.92 Å². The van der Waals surface area contributed by atoms with Crippen molar-refractivity contribution in [2.45, 2.75) is 58.3 Å². The van der Waals surface area contributed by atoms with Crippen molar-refractivity contribution in [3.05, 3.63) is 35.4 Å². The van der Waals surface area contributed by atoms with E-state index in [2.05, 4.69) is 56.9 Å². The first-order chi connectivity index (χ1) is 9.52. The number of hydrogen-bond acceptors (Lipinski definition) is 3. The van der Waals surface area contributed by atoms with Crippen molar-refractivity contribution in [1.82, 2.24) is 4.90 Å². The molecule has 0 saturated carbocycles. The molecule has 1 fully saturated rings. The lowest BCUT2D eigenvalue weighted by Crippen LogP contribution is -2.54. The summed E-state index contributed by atoms with van der Waals surface area (Å²) in [4.78, 5) is 2.53. The molecule has 2 rings (SSSR count). The topological polar surface area (TPSA) is 38.5 Å². The predicted molar refractivity (Wildman–Crippen MR) is 83.8 cm³/mol. The first-order valence-corrected chi connectivity index (χ1v) is 7.72. The monoisotopic (exact) mass is 276 g/mol. The Kier molecular flexibility index (Phi) is 5.19. The van der Waals surface area contributed by atoms with Crippen molar-refractivity contribution < 1.29 is 4.74 Å². The molecule has 3 nitrogen and oxygen atoms in total. The molecule has 0 bridgehead atoms. The Balaban J connectivity index is 2.11. The molecule has 0 spiro atoms. The number of aryl methyl sites for hydroxylation is 1. The molecule has 0 aliphatic carbocycles. The Bertz CT molecular complexity index is 418. The Morgan fingerprint density at radius 1 is 1.35 bits per heavy atom. The van der Waals surface area contributed by atoms with Gasteiger partial charge in [-0.3, -0.25) is 4.90 Å². The molecule has 1 aliphatic rings. The maximum Gasteiger partial charge on any atom is 0.0674 e. The second-order valence-corrected chi connectivity index (χ2v) is 6.08. The molecule has 0 radical (unpaired) electrons. The Morgan fingerprint density at radius 3 is 2.60 bits per heavy atom. The summed E-state index contributed by atoms with van der Waals surface area (Å²) >= 11 is 0. The normalized spacial score (nSPS) is 27.2. The largest absolute Gasteiger partial charge is 0.376 e. The van der Waals surface area contributed by atoms with E-state index in [1.165, 1.54) is 11.1 Å². The SMILES string of the molecule is CCC1COC(C)CN1C(C)C(N)c1ccc(C)cc1. The van der Waals surface area contributed by atoms with E-state index in [1.807, 2.05) is 0 Å². The molecule has 2 N–H and O–H groups in total. The van der Waals surface area contributed by atoms with Crippen LogP contribution in [0.1, 0.15) is 44.4 Å². The molecular formula is C17H28N2O. The van der Waals surface area contributed by atoms with Gasteiger partial charge in [0.2, 0.25) is 0 Å². The zero-order chi connectivity index (χ0) is 14.7. The lowest BCUT2D eigenvalue weighted by molar-refractivity contribution is -0.0733. The van der Waals surface area contributed by atoms with Gasteiger partial charge in [-0.2, -0.15) is 0 Å². The molecule has 1 aromatic carbocycles. The Morgan fingerprint density at radius 2 is 2.00 bits per heavy atom. The summed E-state index contributed by atoms with van der Waals surface area (Å²) in [6.07, 6.45) is 1.41. The minimum absolute atomic E-state index is 0.0509. The number of hydrogen-bond donors (Lipinski definition) is 1. The number of nitrogens with zero attached hydrogens (tertiary/aromatic N) is 1. The summed E-state index contributed by atoms with van der Waals surface area (Å²) in [5, 5.41) is 0. The van der Waals surface area contributed by atoms with Crippen LogP contribution < -0.4 is 5.73 Å². The maximum absolute atomic E-state index is 6.50. The van der Waals surface area contributed by atoms with Gasteiger partial charge < -0.3 is 10.5 Å². The van der Waals surface area contributed by atoms with Crippen molar-refractivity contribution in [1.29, 1.82) is 0 Å².